The van der Waals surface area contributed by atoms with Crippen LogP contribution in [0.15, 0.2) is 17.0 Å². The highest BCUT2D eigenvalue weighted by molar-refractivity contribution is 8.13. The van der Waals surface area contributed by atoms with E-state index in [4.69, 9.17) is 38.6 Å². The van der Waals surface area contributed by atoms with E-state index in [1.807, 2.05) is 0 Å². The summed E-state index contributed by atoms with van der Waals surface area (Å²) in [5.74, 6) is -0.290. The molecule has 8 heteroatoms. The molecule has 1 aromatic carbocycles. The Morgan fingerprint density at radius 1 is 1.26 bits per heavy atom. The van der Waals surface area contributed by atoms with Crippen molar-refractivity contribution >= 4 is 48.9 Å². The normalized spacial score (nSPS) is 15.3. The van der Waals surface area contributed by atoms with Crippen LogP contribution in [0.2, 0.25) is 10.0 Å². The van der Waals surface area contributed by atoms with Gasteiger partial charge in [0.05, 0.1) is 22.2 Å². The Kier molecular flexibility index (Phi) is 4.30. The highest BCUT2D eigenvalue weighted by Crippen LogP contribution is 2.32. The minimum absolute atomic E-state index is 0.0230. The zero-order chi connectivity index (χ0) is 14.2. The summed E-state index contributed by atoms with van der Waals surface area (Å²) in [7, 11) is 1.17. The van der Waals surface area contributed by atoms with Crippen LogP contribution < -0.4 is 0 Å². The second kappa shape index (κ2) is 5.48. The van der Waals surface area contributed by atoms with Crippen LogP contribution in [0.3, 0.4) is 0 Å². The van der Waals surface area contributed by atoms with E-state index in [0.717, 1.165) is 25.0 Å². The van der Waals surface area contributed by atoms with Gasteiger partial charge in [-0.2, -0.15) is 0 Å². The van der Waals surface area contributed by atoms with E-state index in [0.29, 0.717) is 12.5 Å². The highest BCUT2D eigenvalue weighted by atomic mass is 35.7. The Morgan fingerprint density at radius 2 is 1.89 bits per heavy atom. The van der Waals surface area contributed by atoms with E-state index >= 15 is 0 Å². The van der Waals surface area contributed by atoms with Gasteiger partial charge in [0, 0.05) is 10.7 Å². The van der Waals surface area contributed by atoms with Crippen LogP contribution in [-0.4, -0.2) is 21.0 Å². The van der Waals surface area contributed by atoms with Gasteiger partial charge in [-0.1, -0.05) is 23.2 Å². The number of halogens is 3. The van der Waals surface area contributed by atoms with Gasteiger partial charge in [0.15, 0.2) is 0 Å². The van der Waals surface area contributed by atoms with Gasteiger partial charge in [-0.05, 0) is 30.9 Å². The topological polar surface area (TPSA) is 60.4 Å². The summed E-state index contributed by atoms with van der Waals surface area (Å²) >= 11 is 11.6. The molecule has 0 amide bonds. The second-order valence-corrected chi connectivity index (χ2v) is 7.59. The number of rotatable bonds is 4. The highest BCUT2D eigenvalue weighted by Gasteiger charge is 2.25. The number of hydrogen-bond donors (Lipinski definition) is 0. The van der Waals surface area contributed by atoms with Crippen molar-refractivity contribution in [1.29, 1.82) is 0 Å². The molecule has 1 saturated carbocycles. The number of carbonyl (C=O) groups is 1. The average molecular weight is 344 g/mol. The molecule has 1 aromatic rings. The molecule has 0 spiro atoms. The maximum atomic E-state index is 11.8. The standard InChI is InChI=1S/C11H9Cl3O4S/c12-8-4-9(13)10(19(14,16)17)3-7(8)11(15)18-5-6-1-2-6/h3-4,6H,1-2,5H2. The molecule has 0 aliphatic heterocycles. The first-order valence-electron chi connectivity index (χ1n) is 5.40. The molecule has 0 unspecified atom stereocenters. The molecule has 0 radical (unpaired) electrons. The number of esters is 1. The summed E-state index contributed by atoms with van der Waals surface area (Å²) in [6.07, 6.45) is 2.06. The molecule has 0 atom stereocenters. The third kappa shape index (κ3) is 3.75. The van der Waals surface area contributed by atoms with Gasteiger partial charge in [-0.3, -0.25) is 0 Å². The lowest BCUT2D eigenvalue weighted by Crippen LogP contribution is -2.09. The van der Waals surface area contributed by atoms with E-state index in [-0.39, 0.29) is 20.5 Å². The summed E-state index contributed by atoms with van der Waals surface area (Å²) in [4.78, 5) is 11.4. The average Bonchev–Trinajstić information content (AvgIpc) is 3.07. The van der Waals surface area contributed by atoms with Gasteiger partial charge in [-0.25, -0.2) is 13.2 Å². The van der Waals surface area contributed by atoms with Crippen LogP contribution in [0.1, 0.15) is 23.2 Å². The minimum Gasteiger partial charge on any atom is -0.462 e. The fraction of sp³-hybridized carbons (Fsp3) is 0.364. The van der Waals surface area contributed by atoms with Gasteiger partial charge in [0.2, 0.25) is 0 Å². The molecule has 19 heavy (non-hydrogen) atoms. The van der Waals surface area contributed by atoms with Crippen LogP contribution in [-0.2, 0) is 13.8 Å². The zero-order valence-corrected chi connectivity index (χ0v) is 12.6. The van der Waals surface area contributed by atoms with Gasteiger partial charge in [0.25, 0.3) is 9.05 Å². The molecule has 0 saturated heterocycles. The molecule has 0 heterocycles. The summed E-state index contributed by atoms with van der Waals surface area (Å²) in [6.45, 7) is 0.306. The van der Waals surface area contributed by atoms with Crippen LogP contribution in [0.25, 0.3) is 0 Å². The Morgan fingerprint density at radius 3 is 2.42 bits per heavy atom. The van der Waals surface area contributed by atoms with Gasteiger partial charge in [0.1, 0.15) is 4.90 Å². The van der Waals surface area contributed by atoms with Gasteiger partial charge >= 0.3 is 5.97 Å². The Labute approximate surface area is 125 Å². The van der Waals surface area contributed by atoms with Crippen molar-refractivity contribution in [3.05, 3.63) is 27.7 Å². The molecule has 104 valence electrons. The van der Waals surface area contributed by atoms with E-state index < -0.39 is 15.0 Å². The van der Waals surface area contributed by atoms with Crippen LogP contribution >= 0.6 is 33.9 Å². The monoisotopic (exact) mass is 342 g/mol. The summed E-state index contributed by atoms with van der Waals surface area (Å²) in [6, 6.07) is 2.19. The van der Waals surface area contributed by atoms with E-state index in [9.17, 15) is 13.2 Å². The van der Waals surface area contributed by atoms with Crippen molar-refractivity contribution in [3.8, 4) is 0 Å². The molecule has 0 aromatic heterocycles. The number of hydrogen-bond acceptors (Lipinski definition) is 4. The molecule has 0 bridgehead atoms. The molecular weight excluding hydrogens is 335 g/mol. The fourth-order valence-corrected chi connectivity index (χ4v) is 3.25. The molecule has 1 aliphatic rings. The Bertz CT molecular complexity index is 623. The van der Waals surface area contributed by atoms with Gasteiger partial charge in [-0.15, -0.1) is 0 Å². The lowest BCUT2D eigenvalue weighted by molar-refractivity contribution is 0.0486. The zero-order valence-electron chi connectivity index (χ0n) is 9.53. The molecule has 1 aliphatic carbocycles. The predicted octanol–water partition coefficient (Wildman–Crippen LogP) is 3.49. The SMILES string of the molecule is O=C(OCC1CC1)c1cc(S(=O)(=O)Cl)c(Cl)cc1Cl. The minimum atomic E-state index is -4.05. The lowest BCUT2D eigenvalue weighted by Gasteiger charge is -2.08. The van der Waals surface area contributed by atoms with E-state index in [1.165, 1.54) is 0 Å². The lowest BCUT2D eigenvalue weighted by atomic mass is 10.2. The maximum Gasteiger partial charge on any atom is 0.339 e. The van der Waals surface area contributed by atoms with Crippen molar-refractivity contribution in [1.82, 2.24) is 0 Å². The molecule has 1 fully saturated rings. The van der Waals surface area contributed by atoms with Crippen LogP contribution in [0.4, 0.5) is 0 Å². The Hall–Kier alpha value is -0.490. The molecular formula is C11H9Cl3O4S. The summed E-state index contributed by atoms with van der Waals surface area (Å²) in [5, 5.41) is -0.117. The first kappa shape index (κ1) is 14.9. The predicted molar refractivity (Wildman–Crippen MR) is 72.5 cm³/mol. The van der Waals surface area contributed by atoms with Crippen molar-refractivity contribution < 1.29 is 17.9 Å². The maximum absolute atomic E-state index is 11.8. The molecule has 0 N–H and O–H groups in total. The molecule has 2 rings (SSSR count). The van der Waals surface area contributed by atoms with Gasteiger partial charge < -0.3 is 4.74 Å². The first-order valence-corrected chi connectivity index (χ1v) is 8.46. The second-order valence-electron chi connectivity index (χ2n) is 4.24. The quantitative estimate of drug-likeness (QED) is 0.620. The number of ether oxygens (including phenoxy) is 1. The van der Waals surface area contributed by atoms with E-state index in [1.54, 1.807) is 0 Å². The number of benzene rings is 1. The van der Waals surface area contributed by atoms with Crippen molar-refractivity contribution in [2.45, 2.75) is 17.7 Å². The van der Waals surface area contributed by atoms with Crippen LogP contribution in [0, 0.1) is 5.92 Å². The van der Waals surface area contributed by atoms with Crippen LogP contribution in [0.5, 0.6) is 0 Å². The fourth-order valence-electron chi connectivity index (χ4n) is 1.43. The third-order valence-electron chi connectivity index (χ3n) is 2.65. The third-order valence-corrected chi connectivity index (χ3v) is 4.75. The summed E-state index contributed by atoms with van der Waals surface area (Å²) < 4.78 is 27.6. The van der Waals surface area contributed by atoms with E-state index in [2.05, 4.69) is 0 Å². The Balaban J connectivity index is 2.30. The van der Waals surface area contributed by atoms with Crippen molar-refractivity contribution in [2.24, 2.45) is 5.92 Å². The van der Waals surface area contributed by atoms with Crippen molar-refractivity contribution in [3.63, 3.8) is 0 Å². The molecule has 4 nitrogen and oxygen atoms in total. The first-order chi connectivity index (χ1) is 8.79. The van der Waals surface area contributed by atoms with Crippen molar-refractivity contribution in [2.75, 3.05) is 6.61 Å². The smallest absolute Gasteiger partial charge is 0.339 e. The number of carbonyl (C=O) groups excluding carboxylic acids is 1. The largest absolute Gasteiger partial charge is 0.462 e. The summed E-state index contributed by atoms with van der Waals surface area (Å²) in [5.41, 5.74) is -0.0639.